The minimum Gasteiger partial charge on any atom is -0.384 e. The smallest absolute Gasteiger partial charge is 0.0552 e. The molecule has 1 nitrogen and oxygen atoms in total. The highest BCUT2D eigenvalue weighted by atomic mass is 32.2. The van der Waals surface area contributed by atoms with Crippen LogP contribution in [0.3, 0.4) is 0 Å². The maximum absolute atomic E-state index is 4.91. The number of methoxy groups -OCH3 is 1. The van der Waals surface area contributed by atoms with E-state index in [0.29, 0.717) is 0 Å². The van der Waals surface area contributed by atoms with E-state index >= 15 is 0 Å². The molecule has 0 saturated heterocycles. The van der Waals surface area contributed by atoms with Gasteiger partial charge in [0.25, 0.3) is 0 Å². The lowest BCUT2D eigenvalue weighted by molar-refractivity contribution is 0.218. The van der Waals surface area contributed by atoms with Crippen molar-refractivity contribution in [1.29, 1.82) is 0 Å². The van der Waals surface area contributed by atoms with Crippen molar-refractivity contribution in [3.8, 4) is 0 Å². The Morgan fingerprint density at radius 2 is 2.20 bits per heavy atom. The number of hydrogen-bond donors (Lipinski definition) is 0. The maximum atomic E-state index is 4.91. The highest BCUT2D eigenvalue weighted by Crippen LogP contribution is 2.06. The fourth-order valence-corrected chi connectivity index (χ4v) is 1.47. The summed E-state index contributed by atoms with van der Waals surface area (Å²) in [6.07, 6.45) is 1.13. The Kier molecular flexibility index (Phi) is 7.20. The van der Waals surface area contributed by atoms with E-state index in [1.54, 1.807) is 7.11 Å². The molecular weight excluding hydrogens is 144 g/mol. The van der Waals surface area contributed by atoms with Crippen molar-refractivity contribution in [2.75, 3.05) is 25.2 Å². The largest absolute Gasteiger partial charge is 0.384 e. The fraction of sp³-hybridized carbons (Fsp3) is 0.750. The van der Waals surface area contributed by atoms with Crippen molar-refractivity contribution < 1.29 is 4.74 Å². The van der Waals surface area contributed by atoms with Gasteiger partial charge in [-0.05, 0) is 19.1 Å². The Morgan fingerprint density at radius 3 is 2.70 bits per heavy atom. The van der Waals surface area contributed by atoms with Crippen LogP contribution in [0, 0.1) is 0 Å². The van der Waals surface area contributed by atoms with Crippen LogP contribution in [0.5, 0.6) is 0 Å². The quantitative estimate of drug-likeness (QED) is 0.435. The van der Waals surface area contributed by atoms with Crippen molar-refractivity contribution >= 4 is 11.8 Å². The van der Waals surface area contributed by atoms with Gasteiger partial charge in [-0.2, -0.15) is 11.8 Å². The van der Waals surface area contributed by atoms with Crippen LogP contribution in [0.25, 0.3) is 0 Å². The number of thioether (sulfide) groups is 1. The first-order chi connectivity index (χ1) is 4.77. The highest BCUT2D eigenvalue weighted by molar-refractivity contribution is 7.99. The lowest BCUT2D eigenvalue weighted by Crippen LogP contribution is -1.92. The molecule has 0 rings (SSSR count). The molecule has 0 bridgehead atoms. The first-order valence-electron chi connectivity index (χ1n) is 3.48. The molecule has 0 aromatic heterocycles. The van der Waals surface area contributed by atoms with Crippen LogP contribution in [0.2, 0.25) is 0 Å². The van der Waals surface area contributed by atoms with E-state index in [0.717, 1.165) is 18.8 Å². The predicted molar refractivity (Wildman–Crippen MR) is 48.6 cm³/mol. The summed E-state index contributed by atoms with van der Waals surface area (Å²) in [5.41, 5.74) is 1.27. The minimum absolute atomic E-state index is 0.862. The van der Waals surface area contributed by atoms with Crippen LogP contribution in [-0.4, -0.2) is 25.2 Å². The van der Waals surface area contributed by atoms with Crippen LogP contribution in [0.15, 0.2) is 12.2 Å². The normalized spacial score (nSPS) is 9.80. The second kappa shape index (κ2) is 7.16. The Hall–Kier alpha value is 0.0500. The molecule has 0 heterocycles. The van der Waals surface area contributed by atoms with Crippen molar-refractivity contribution in [3.05, 3.63) is 12.2 Å². The number of ether oxygens (including phenoxy) is 1. The van der Waals surface area contributed by atoms with Gasteiger partial charge in [-0.1, -0.05) is 5.57 Å². The zero-order valence-corrected chi connectivity index (χ0v) is 7.67. The third-order valence-corrected chi connectivity index (χ3v) is 2.05. The second-order valence-electron chi connectivity index (χ2n) is 2.31. The second-order valence-corrected chi connectivity index (χ2v) is 3.54. The van der Waals surface area contributed by atoms with Gasteiger partial charge in [-0.25, -0.2) is 0 Å². The summed E-state index contributed by atoms with van der Waals surface area (Å²) in [6.45, 7) is 6.76. The van der Waals surface area contributed by atoms with E-state index in [4.69, 9.17) is 4.74 Å². The van der Waals surface area contributed by atoms with Gasteiger partial charge in [0.05, 0.1) is 6.61 Å². The molecule has 0 radical (unpaired) electrons. The van der Waals surface area contributed by atoms with Gasteiger partial charge in [-0.3, -0.25) is 0 Å². The van der Waals surface area contributed by atoms with Gasteiger partial charge >= 0.3 is 0 Å². The summed E-state index contributed by atoms with van der Waals surface area (Å²) in [6, 6.07) is 0. The molecule has 60 valence electrons. The molecule has 0 aliphatic heterocycles. The molecule has 0 amide bonds. The lowest BCUT2D eigenvalue weighted by atomic mass is 10.3. The summed E-state index contributed by atoms with van der Waals surface area (Å²) in [5, 5.41) is 0. The van der Waals surface area contributed by atoms with Gasteiger partial charge in [0, 0.05) is 12.9 Å². The van der Waals surface area contributed by atoms with Crippen LogP contribution >= 0.6 is 11.8 Å². The van der Waals surface area contributed by atoms with E-state index in [-0.39, 0.29) is 0 Å². The Labute approximate surface area is 67.8 Å². The monoisotopic (exact) mass is 160 g/mol. The summed E-state index contributed by atoms with van der Waals surface area (Å²) < 4.78 is 4.91. The molecule has 10 heavy (non-hydrogen) atoms. The van der Waals surface area contributed by atoms with E-state index in [9.17, 15) is 0 Å². The van der Waals surface area contributed by atoms with Gasteiger partial charge < -0.3 is 4.74 Å². The van der Waals surface area contributed by atoms with Crippen molar-refractivity contribution in [2.24, 2.45) is 0 Å². The molecule has 0 atom stereocenters. The summed E-state index contributed by atoms with van der Waals surface area (Å²) in [7, 11) is 1.74. The topological polar surface area (TPSA) is 9.23 Å². The average Bonchev–Trinajstić information content (AvgIpc) is 1.87. The van der Waals surface area contributed by atoms with E-state index in [1.165, 1.54) is 11.3 Å². The third kappa shape index (κ3) is 8.05. The Balaban J connectivity index is 2.84. The summed E-state index contributed by atoms with van der Waals surface area (Å²) in [5.74, 6) is 2.28. The third-order valence-electron chi connectivity index (χ3n) is 1.10. The number of rotatable bonds is 6. The molecule has 0 unspecified atom stereocenters. The number of allylic oxidation sites excluding steroid dienone is 1. The molecule has 0 aliphatic rings. The molecule has 0 aliphatic carbocycles. The molecule has 0 saturated carbocycles. The van der Waals surface area contributed by atoms with Crippen LogP contribution in [0.4, 0.5) is 0 Å². The van der Waals surface area contributed by atoms with Crippen LogP contribution < -0.4 is 0 Å². The lowest BCUT2D eigenvalue weighted by Gasteiger charge is -1.99. The Bertz CT molecular complexity index is 91.3. The van der Waals surface area contributed by atoms with Gasteiger partial charge in [0.1, 0.15) is 0 Å². The zero-order valence-electron chi connectivity index (χ0n) is 6.85. The number of hydrogen-bond acceptors (Lipinski definition) is 2. The fourth-order valence-electron chi connectivity index (χ4n) is 0.491. The zero-order chi connectivity index (χ0) is 7.82. The van der Waals surface area contributed by atoms with Crippen molar-refractivity contribution in [2.45, 2.75) is 13.3 Å². The average molecular weight is 160 g/mol. The standard InChI is InChI=1S/C8H16OS/c1-8(2)4-6-10-7-5-9-3/h1,4-7H2,2-3H3. The van der Waals surface area contributed by atoms with Gasteiger partial charge in [-0.15, -0.1) is 6.58 Å². The van der Waals surface area contributed by atoms with Gasteiger partial charge in [0.2, 0.25) is 0 Å². The summed E-state index contributed by atoms with van der Waals surface area (Å²) >= 11 is 1.92. The SMILES string of the molecule is C=C(C)CCSCCOC. The molecule has 0 fully saturated rings. The minimum atomic E-state index is 0.862. The summed E-state index contributed by atoms with van der Waals surface area (Å²) in [4.78, 5) is 0. The van der Waals surface area contributed by atoms with Gasteiger partial charge in [0.15, 0.2) is 0 Å². The Morgan fingerprint density at radius 1 is 1.50 bits per heavy atom. The van der Waals surface area contributed by atoms with Crippen molar-refractivity contribution in [3.63, 3.8) is 0 Å². The molecule has 0 N–H and O–H groups in total. The van der Waals surface area contributed by atoms with Crippen molar-refractivity contribution in [1.82, 2.24) is 0 Å². The van der Waals surface area contributed by atoms with Crippen LogP contribution in [-0.2, 0) is 4.74 Å². The van der Waals surface area contributed by atoms with Crippen LogP contribution in [0.1, 0.15) is 13.3 Å². The highest BCUT2D eigenvalue weighted by Gasteiger charge is 1.88. The van der Waals surface area contributed by atoms with E-state index in [1.807, 2.05) is 11.8 Å². The maximum Gasteiger partial charge on any atom is 0.0552 e. The molecule has 2 heteroatoms. The van der Waals surface area contributed by atoms with E-state index in [2.05, 4.69) is 13.5 Å². The first-order valence-corrected chi connectivity index (χ1v) is 4.64. The predicted octanol–water partition coefficient (Wildman–Crippen LogP) is 2.33. The molecule has 0 aromatic carbocycles. The first kappa shape index (κ1) is 10.0. The van der Waals surface area contributed by atoms with E-state index < -0.39 is 0 Å². The molecule has 0 aromatic rings. The molecule has 0 spiro atoms. The molecular formula is C8H16OS.